The van der Waals surface area contributed by atoms with Gasteiger partial charge >= 0.3 is 0 Å². The number of aromatic nitrogens is 1. The number of likely N-dealkylation sites (tertiary alicyclic amines) is 1. The van der Waals surface area contributed by atoms with Crippen molar-refractivity contribution in [3.63, 3.8) is 0 Å². The highest BCUT2D eigenvalue weighted by Crippen LogP contribution is 2.22. The minimum atomic E-state index is -0.388. The fourth-order valence-electron chi connectivity index (χ4n) is 3.30. The molecule has 1 aliphatic heterocycles. The number of amides is 1. The molecular weight excluding hydrogens is 318 g/mol. The van der Waals surface area contributed by atoms with Crippen LogP contribution in [-0.4, -0.2) is 41.0 Å². The molecule has 0 spiro atoms. The average molecular weight is 343 g/mol. The molecule has 3 N–H and O–H groups in total. The number of aromatic amines is 1. The topological polar surface area (TPSA) is 88.4 Å². The number of nitrogens with two attached hydrogens (primary N) is 1. The van der Waals surface area contributed by atoms with E-state index in [4.69, 9.17) is 10.5 Å². The van der Waals surface area contributed by atoms with E-state index in [2.05, 4.69) is 4.98 Å². The summed E-state index contributed by atoms with van der Waals surface area (Å²) in [5.41, 5.74) is 5.83. The highest BCUT2D eigenvalue weighted by molar-refractivity contribution is 5.83. The zero-order valence-electron chi connectivity index (χ0n) is 14.5. The average Bonchev–Trinajstić information content (AvgIpc) is 2.62. The van der Waals surface area contributed by atoms with Crippen LogP contribution in [0.4, 0.5) is 0 Å². The molecule has 1 aromatic heterocycles. The summed E-state index contributed by atoms with van der Waals surface area (Å²) in [6.07, 6.45) is 4.93. The van der Waals surface area contributed by atoms with Gasteiger partial charge in [0.25, 0.3) is 5.56 Å². The number of H-pyrrole nitrogens is 1. The van der Waals surface area contributed by atoms with Crippen LogP contribution in [-0.2, 0) is 4.79 Å². The predicted molar refractivity (Wildman–Crippen MR) is 97.7 cm³/mol. The number of pyridine rings is 1. The van der Waals surface area contributed by atoms with Crippen molar-refractivity contribution in [1.82, 2.24) is 9.88 Å². The van der Waals surface area contributed by atoms with Crippen LogP contribution in [0.25, 0.3) is 10.8 Å². The Hall–Kier alpha value is -2.34. The number of benzene rings is 1. The minimum absolute atomic E-state index is 0.0465. The standard InChI is InChI=1S/C19H25N3O3/c1-2-3-17(20)19(24)22-10-7-14(8-11-22)25-15-4-5-16-13(12-15)6-9-21-18(16)23/h4-6,9,12,14,17H,2-3,7-8,10-11,20H2,1H3,(H,21,23)/t17-/m1/s1. The van der Waals surface area contributed by atoms with Crippen molar-refractivity contribution in [3.8, 4) is 5.75 Å². The van der Waals surface area contributed by atoms with Crippen molar-refractivity contribution in [3.05, 3.63) is 40.8 Å². The number of nitrogens with one attached hydrogen (secondary N) is 1. The molecule has 0 aliphatic carbocycles. The summed E-state index contributed by atoms with van der Waals surface area (Å²) in [7, 11) is 0. The normalized spacial score (nSPS) is 16.8. The van der Waals surface area contributed by atoms with Crippen molar-refractivity contribution in [2.24, 2.45) is 5.73 Å². The number of nitrogens with zero attached hydrogens (tertiary/aromatic N) is 1. The largest absolute Gasteiger partial charge is 0.490 e. The van der Waals surface area contributed by atoms with Gasteiger partial charge in [0.05, 0.1) is 6.04 Å². The van der Waals surface area contributed by atoms with E-state index in [0.717, 1.165) is 36.8 Å². The summed E-state index contributed by atoms with van der Waals surface area (Å²) in [6, 6.07) is 6.97. The number of hydrogen-bond acceptors (Lipinski definition) is 4. The molecule has 0 bridgehead atoms. The Balaban J connectivity index is 1.59. The summed E-state index contributed by atoms with van der Waals surface area (Å²) in [4.78, 5) is 28.5. The molecule has 1 saturated heterocycles. The maximum Gasteiger partial charge on any atom is 0.255 e. The van der Waals surface area contributed by atoms with Crippen LogP contribution in [0.5, 0.6) is 5.75 Å². The summed E-state index contributed by atoms with van der Waals surface area (Å²) in [6.45, 7) is 3.38. The van der Waals surface area contributed by atoms with Crippen LogP contribution < -0.4 is 16.0 Å². The molecule has 1 atom stereocenters. The third-order valence-electron chi connectivity index (χ3n) is 4.72. The molecule has 1 aromatic carbocycles. The number of rotatable bonds is 5. The van der Waals surface area contributed by atoms with Gasteiger partial charge in [-0.15, -0.1) is 0 Å². The molecule has 25 heavy (non-hydrogen) atoms. The third kappa shape index (κ3) is 4.02. The van der Waals surface area contributed by atoms with E-state index in [1.54, 1.807) is 12.3 Å². The SMILES string of the molecule is CCC[C@@H](N)C(=O)N1CCC(Oc2ccc3c(=O)[nH]ccc3c2)CC1. The summed E-state index contributed by atoms with van der Waals surface area (Å²) in [5.74, 6) is 0.802. The monoisotopic (exact) mass is 343 g/mol. The molecule has 6 nitrogen and oxygen atoms in total. The number of carbonyl (C=O) groups excluding carboxylic acids is 1. The molecule has 0 radical (unpaired) electrons. The zero-order chi connectivity index (χ0) is 17.8. The first kappa shape index (κ1) is 17.5. The fraction of sp³-hybridized carbons (Fsp3) is 0.474. The van der Waals surface area contributed by atoms with E-state index >= 15 is 0 Å². The Morgan fingerprint density at radius 3 is 2.84 bits per heavy atom. The zero-order valence-corrected chi connectivity index (χ0v) is 14.5. The van der Waals surface area contributed by atoms with Gasteiger partial charge in [-0.1, -0.05) is 13.3 Å². The maximum atomic E-state index is 12.3. The predicted octanol–water partition coefficient (Wildman–Crippen LogP) is 2.03. The molecule has 2 aromatic rings. The summed E-state index contributed by atoms with van der Waals surface area (Å²) >= 11 is 0. The molecule has 1 amide bonds. The van der Waals surface area contributed by atoms with E-state index < -0.39 is 0 Å². The molecule has 6 heteroatoms. The lowest BCUT2D eigenvalue weighted by atomic mass is 10.1. The third-order valence-corrected chi connectivity index (χ3v) is 4.72. The van der Waals surface area contributed by atoms with Crippen LogP contribution in [0, 0.1) is 0 Å². The van der Waals surface area contributed by atoms with E-state index in [-0.39, 0.29) is 23.6 Å². The van der Waals surface area contributed by atoms with Crippen LogP contribution in [0.1, 0.15) is 32.6 Å². The van der Waals surface area contributed by atoms with Gasteiger partial charge in [-0.25, -0.2) is 0 Å². The Morgan fingerprint density at radius 2 is 2.12 bits per heavy atom. The quantitative estimate of drug-likeness (QED) is 0.869. The van der Waals surface area contributed by atoms with Crippen molar-refractivity contribution < 1.29 is 9.53 Å². The number of ether oxygens (including phenoxy) is 1. The second-order valence-corrected chi connectivity index (χ2v) is 6.59. The fourth-order valence-corrected chi connectivity index (χ4v) is 3.30. The van der Waals surface area contributed by atoms with Crippen LogP contribution in [0.15, 0.2) is 35.3 Å². The molecule has 0 unspecified atom stereocenters. The van der Waals surface area contributed by atoms with Crippen molar-refractivity contribution in [1.29, 1.82) is 0 Å². The molecule has 3 rings (SSSR count). The van der Waals surface area contributed by atoms with Gasteiger partial charge in [-0.2, -0.15) is 0 Å². The Labute approximate surface area is 147 Å². The molecular formula is C19H25N3O3. The van der Waals surface area contributed by atoms with Gasteiger partial charge in [-0.3, -0.25) is 9.59 Å². The smallest absolute Gasteiger partial charge is 0.255 e. The van der Waals surface area contributed by atoms with E-state index in [1.807, 2.05) is 30.0 Å². The molecule has 1 fully saturated rings. The van der Waals surface area contributed by atoms with Gasteiger partial charge < -0.3 is 20.4 Å². The van der Waals surface area contributed by atoms with Gasteiger partial charge in [-0.05, 0) is 36.1 Å². The van der Waals surface area contributed by atoms with Crippen molar-refractivity contribution in [2.75, 3.05) is 13.1 Å². The number of carbonyl (C=O) groups is 1. The molecule has 134 valence electrons. The number of fused-ring (bicyclic) bond motifs is 1. The molecule has 0 saturated carbocycles. The first-order valence-electron chi connectivity index (χ1n) is 8.91. The highest BCUT2D eigenvalue weighted by atomic mass is 16.5. The maximum absolute atomic E-state index is 12.3. The summed E-state index contributed by atoms with van der Waals surface area (Å²) in [5, 5.41) is 1.51. The first-order chi connectivity index (χ1) is 12.1. The summed E-state index contributed by atoms with van der Waals surface area (Å²) < 4.78 is 6.06. The Bertz CT molecular complexity index is 794. The highest BCUT2D eigenvalue weighted by Gasteiger charge is 2.26. The number of hydrogen-bond donors (Lipinski definition) is 2. The van der Waals surface area contributed by atoms with E-state index in [1.165, 1.54) is 0 Å². The molecule has 1 aliphatic rings. The van der Waals surface area contributed by atoms with Crippen molar-refractivity contribution >= 4 is 16.7 Å². The van der Waals surface area contributed by atoms with Gasteiger partial charge in [0.2, 0.25) is 5.91 Å². The van der Waals surface area contributed by atoms with Crippen molar-refractivity contribution in [2.45, 2.75) is 44.8 Å². The second kappa shape index (κ2) is 7.70. The van der Waals surface area contributed by atoms with Crippen LogP contribution in [0.3, 0.4) is 0 Å². The van der Waals surface area contributed by atoms with E-state index in [0.29, 0.717) is 18.5 Å². The van der Waals surface area contributed by atoms with Gasteiger partial charge in [0.1, 0.15) is 11.9 Å². The first-order valence-corrected chi connectivity index (χ1v) is 8.91. The lowest BCUT2D eigenvalue weighted by Gasteiger charge is -2.33. The Morgan fingerprint density at radius 1 is 1.36 bits per heavy atom. The lowest BCUT2D eigenvalue weighted by molar-refractivity contribution is -0.134. The lowest BCUT2D eigenvalue weighted by Crippen LogP contribution is -2.48. The van der Waals surface area contributed by atoms with Crippen LogP contribution >= 0.6 is 0 Å². The number of piperidine rings is 1. The van der Waals surface area contributed by atoms with Gasteiger partial charge in [0.15, 0.2) is 0 Å². The second-order valence-electron chi connectivity index (χ2n) is 6.59. The molecule has 2 heterocycles. The minimum Gasteiger partial charge on any atom is -0.490 e. The van der Waals surface area contributed by atoms with Gasteiger partial charge in [0, 0.05) is 37.5 Å². The van der Waals surface area contributed by atoms with Crippen LogP contribution in [0.2, 0.25) is 0 Å². The van der Waals surface area contributed by atoms with E-state index in [9.17, 15) is 9.59 Å². The Kier molecular flexibility index (Phi) is 5.38.